The van der Waals surface area contributed by atoms with Crippen LogP contribution >= 0.6 is 0 Å². The summed E-state index contributed by atoms with van der Waals surface area (Å²) in [6.07, 6.45) is 3.43. The van der Waals surface area contributed by atoms with Crippen molar-refractivity contribution in [2.45, 2.75) is 57.8 Å². The Labute approximate surface area is 207 Å². The number of nitrogens with one attached hydrogen (secondary N) is 1. The second-order valence-corrected chi connectivity index (χ2v) is 9.98. The zero-order valence-electron chi connectivity index (χ0n) is 21.2. The van der Waals surface area contributed by atoms with Gasteiger partial charge in [-0.05, 0) is 94.1 Å². The third-order valence-electron chi connectivity index (χ3n) is 7.04. The normalized spacial score (nSPS) is 15.1. The van der Waals surface area contributed by atoms with Gasteiger partial charge in [0, 0.05) is 25.7 Å². The van der Waals surface area contributed by atoms with Crippen molar-refractivity contribution >= 4 is 17.5 Å². The number of amides is 2. The van der Waals surface area contributed by atoms with Crippen molar-refractivity contribution in [2.24, 2.45) is 0 Å². The van der Waals surface area contributed by atoms with Gasteiger partial charge in [-0.25, -0.2) is 8.78 Å². The molecular weight excluding hydrogens is 448 g/mol. The molecule has 1 aliphatic heterocycles. The molecule has 35 heavy (non-hydrogen) atoms. The smallest absolute Gasteiger partial charge is 0.232 e. The minimum atomic E-state index is -0.938. The monoisotopic (exact) mass is 485 g/mol. The first-order valence-corrected chi connectivity index (χ1v) is 12.4. The van der Waals surface area contributed by atoms with Crippen LogP contribution in [0.5, 0.6) is 0 Å². The molecule has 2 aromatic rings. The lowest BCUT2D eigenvalue weighted by molar-refractivity contribution is -0.135. The first-order valence-electron chi connectivity index (χ1n) is 12.4. The summed E-state index contributed by atoms with van der Waals surface area (Å²) >= 11 is 0. The van der Waals surface area contributed by atoms with Gasteiger partial charge in [-0.2, -0.15) is 0 Å². The highest BCUT2D eigenvalue weighted by atomic mass is 19.2. The zero-order chi connectivity index (χ0) is 25.6. The van der Waals surface area contributed by atoms with Gasteiger partial charge >= 0.3 is 0 Å². The molecule has 0 radical (unpaired) electrons. The van der Waals surface area contributed by atoms with Crippen molar-refractivity contribution < 1.29 is 18.4 Å². The minimum Gasteiger partial charge on any atom is -0.345 e. The van der Waals surface area contributed by atoms with Crippen LogP contribution in [-0.4, -0.2) is 54.8 Å². The van der Waals surface area contributed by atoms with Gasteiger partial charge in [0.05, 0.1) is 5.41 Å². The molecule has 0 aliphatic carbocycles. The largest absolute Gasteiger partial charge is 0.345 e. The van der Waals surface area contributed by atoms with Gasteiger partial charge in [-0.15, -0.1) is 0 Å². The summed E-state index contributed by atoms with van der Waals surface area (Å²) in [5, 5.41) is 2.94. The van der Waals surface area contributed by atoms with E-state index >= 15 is 0 Å². The number of halogens is 2. The molecule has 0 spiro atoms. The number of piperidine rings is 1. The van der Waals surface area contributed by atoms with Crippen LogP contribution in [0.15, 0.2) is 42.5 Å². The summed E-state index contributed by atoms with van der Waals surface area (Å²) < 4.78 is 27.0. The molecule has 0 saturated carbocycles. The summed E-state index contributed by atoms with van der Waals surface area (Å²) in [6, 6.07) is 11.8. The Hall–Kier alpha value is -2.80. The number of nitrogens with zero attached hydrogens (tertiary/aromatic N) is 2. The summed E-state index contributed by atoms with van der Waals surface area (Å²) in [4.78, 5) is 28.8. The fraction of sp³-hybridized carbons (Fsp3) is 0.500. The lowest BCUT2D eigenvalue weighted by atomic mass is 9.83. The van der Waals surface area contributed by atoms with Crippen LogP contribution in [0.4, 0.5) is 14.5 Å². The number of carbonyl (C=O) groups is 2. The first kappa shape index (κ1) is 26.8. The molecule has 1 N–H and O–H groups in total. The van der Waals surface area contributed by atoms with Crippen molar-refractivity contribution in [3.05, 3.63) is 65.2 Å². The second kappa shape index (κ2) is 11.8. The van der Waals surface area contributed by atoms with Gasteiger partial charge in [-0.1, -0.05) is 25.1 Å². The second-order valence-electron chi connectivity index (χ2n) is 9.98. The number of hydrogen-bond acceptors (Lipinski definition) is 3. The standard InChI is InChI=1S/C28H37F2N3O2/c1-5-26(34)31-23-9-6-8-21(18-23)20-12-16-33(17-13-20)15-7-14-32(4)27(35)28(2,3)22-10-11-24(29)25(30)19-22/h6,8-11,18-20H,5,7,12-17H2,1-4H3,(H,31,34). The van der Waals surface area contributed by atoms with Gasteiger partial charge in [0.15, 0.2) is 11.6 Å². The Kier molecular flexibility index (Phi) is 9.00. The molecule has 1 aliphatic rings. The fourth-order valence-corrected chi connectivity index (χ4v) is 4.73. The predicted molar refractivity (Wildman–Crippen MR) is 135 cm³/mol. The highest BCUT2D eigenvalue weighted by Gasteiger charge is 2.33. The van der Waals surface area contributed by atoms with E-state index in [2.05, 4.69) is 22.3 Å². The predicted octanol–water partition coefficient (Wildman–Crippen LogP) is 5.32. The van der Waals surface area contributed by atoms with Crippen LogP contribution in [-0.2, 0) is 15.0 Å². The molecule has 0 aromatic heterocycles. The van der Waals surface area contributed by atoms with Gasteiger partial charge in [0.2, 0.25) is 11.8 Å². The minimum absolute atomic E-state index is 0.0219. The van der Waals surface area contributed by atoms with E-state index in [4.69, 9.17) is 0 Å². The van der Waals surface area contributed by atoms with Crippen molar-refractivity contribution in [3.8, 4) is 0 Å². The number of rotatable bonds is 9. The Morgan fingerprint density at radius 1 is 1.09 bits per heavy atom. The number of likely N-dealkylation sites (tertiary alicyclic amines) is 1. The molecule has 5 nitrogen and oxygen atoms in total. The zero-order valence-corrected chi connectivity index (χ0v) is 21.2. The van der Waals surface area contributed by atoms with Gasteiger partial charge in [-0.3, -0.25) is 9.59 Å². The number of anilines is 1. The third kappa shape index (κ3) is 6.88. The van der Waals surface area contributed by atoms with Crippen LogP contribution < -0.4 is 5.32 Å². The summed E-state index contributed by atoms with van der Waals surface area (Å²) in [5.41, 5.74) is 1.65. The van der Waals surface area contributed by atoms with Crippen LogP contribution in [0, 0.1) is 11.6 Å². The quantitative estimate of drug-likeness (QED) is 0.523. The van der Waals surface area contributed by atoms with Gasteiger partial charge < -0.3 is 15.1 Å². The van der Waals surface area contributed by atoms with Crippen molar-refractivity contribution in [1.29, 1.82) is 0 Å². The van der Waals surface area contributed by atoms with Crippen LogP contribution in [0.3, 0.4) is 0 Å². The molecule has 190 valence electrons. The maximum Gasteiger partial charge on any atom is 0.232 e. The highest BCUT2D eigenvalue weighted by Crippen LogP contribution is 2.30. The maximum atomic E-state index is 13.7. The average Bonchev–Trinajstić information content (AvgIpc) is 2.85. The molecule has 7 heteroatoms. The Morgan fingerprint density at radius 3 is 2.46 bits per heavy atom. The molecular formula is C28H37F2N3O2. The van der Waals surface area contributed by atoms with E-state index in [0.29, 0.717) is 24.4 Å². The van der Waals surface area contributed by atoms with Crippen molar-refractivity contribution in [2.75, 3.05) is 38.5 Å². The summed E-state index contributed by atoms with van der Waals surface area (Å²) in [5.74, 6) is -1.46. The third-order valence-corrected chi connectivity index (χ3v) is 7.04. The Morgan fingerprint density at radius 2 is 1.80 bits per heavy atom. The molecule has 0 unspecified atom stereocenters. The molecule has 2 amide bonds. The number of hydrogen-bond donors (Lipinski definition) is 1. The molecule has 1 saturated heterocycles. The lowest BCUT2D eigenvalue weighted by Crippen LogP contribution is -2.43. The van der Waals surface area contributed by atoms with Crippen molar-refractivity contribution in [1.82, 2.24) is 9.80 Å². The van der Waals surface area contributed by atoms with Gasteiger partial charge in [0.1, 0.15) is 0 Å². The Bertz CT molecular complexity index is 1030. The summed E-state index contributed by atoms with van der Waals surface area (Å²) in [7, 11) is 1.76. The average molecular weight is 486 g/mol. The molecule has 0 bridgehead atoms. The molecule has 2 aromatic carbocycles. The van der Waals surface area contributed by atoms with Crippen molar-refractivity contribution in [3.63, 3.8) is 0 Å². The van der Waals surface area contributed by atoms with Gasteiger partial charge in [0.25, 0.3) is 0 Å². The number of likely N-dealkylation sites (N-methyl/N-ethyl adjacent to an activating group) is 1. The van der Waals surface area contributed by atoms with E-state index in [1.807, 2.05) is 19.1 Å². The number of carbonyl (C=O) groups excluding carboxylic acids is 2. The van der Waals surface area contributed by atoms with Crippen LogP contribution in [0.2, 0.25) is 0 Å². The lowest BCUT2D eigenvalue weighted by Gasteiger charge is -2.33. The Balaban J connectivity index is 1.45. The van der Waals surface area contributed by atoms with E-state index in [1.54, 1.807) is 25.8 Å². The van der Waals surface area contributed by atoms with E-state index in [0.717, 1.165) is 56.7 Å². The first-order chi connectivity index (χ1) is 16.6. The van der Waals surface area contributed by atoms with E-state index in [-0.39, 0.29) is 11.8 Å². The number of benzene rings is 2. The van der Waals surface area contributed by atoms with Crippen LogP contribution in [0.1, 0.15) is 63.5 Å². The molecule has 0 atom stereocenters. The van der Waals surface area contributed by atoms with E-state index in [9.17, 15) is 18.4 Å². The van der Waals surface area contributed by atoms with E-state index in [1.165, 1.54) is 11.6 Å². The maximum absolute atomic E-state index is 13.7. The molecule has 1 fully saturated rings. The SMILES string of the molecule is CCC(=O)Nc1cccc(C2CCN(CCCN(C)C(=O)C(C)(C)c3ccc(F)c(F)c3)CC2)c1. The topological polar surface area (TPSA) is 52.7 Å². The molecule has 1 heterocycles. The molecule has 3 rings (SSSR count). The van der Waals surface area contributed by atoms with E-state index < -0.39 is 17.0 Å². The highest BCUT2D eigenvalue weighted by molar-refractivity contribution is 5.90. The fourth-order valence-electron chi connectivity index (χ4n) is 4.73. The summed E-state index contributed by atoms with van der Waals surface area (Å²) in [6.45, 7) is 8.82. The van der Waals surface area contributed by atoms with Crippen LogP contribution in [0.25, 0.3) is 0 Å².